The van der Waals surface area contributed by atoms with Gasteiger partial charge in [0.2, 0.25) is 5.91 Å². The topological polar surface area (TPSA) is 79.0 Å². The molecule has 26 heavy (non-hydrogen) atoms. The Balaban J connectivity index is 1.94. The molecule has 1 amide bonds. The molecule has 0 spiro atoms. The summed E-state index contributed by atoms with van der Waals surface area (Å²) in [6.45, 7) is 0.260. The quantitative estimate of drug-likeness (QED) is 0.672. The molecule has 0 bridgehead atoms. The molecule has 2 aromatic carbocycles. The maximum absolute atomic E-state index is 12.5. The lowest BCUT2D eigenvalue weighted by molar-refractivity contribution is -0.119. The van der Waals surface area contributed by atoms with Crippen LogP contribution in [0.2, 0.25) is 0 Å². The number of rotatable bonds is 9. The number of nitrogens with zero attached hydrogens (tertiary/aromatic N) is 2. The van der Waals surface area contributed by atoms with E-state index in [4.69, 9.17) is 4.74 Å². The van der Waals surface area contributed by atoms with Gasteiger partial charge in [-0.2, -0.15) is 12.7 Å². The van der Waals surface area contributed by atoms with Crippen molar-refractivity contribution in [1.82, 2.24) is 9.62 Å². The van der Waals surface area contributed by atoms with E-state index in [2.05, 4.69) is 5.32 Å². The monoisotopic (exact) mass is 377 g/mol. The molecule has 0 atom stereocenters. The van der Waals surface area contributed by atoms with E-state index in [9.17, 15) is 13.2 Å². The van der Waals surface area contributed by atoms with Crippen LogP contribution < -0.4 is 14.4 Å². The van der Waals surface area contributed by atoms with Gasteiger partial charge in [-0.3, -0.25) is 4.79 Å². The second kappa shape index (κ2) is 9.21. The number of benzene rings is 2. The van der Waals surface area contributed by atoms with Crippen LogP contribution in [-0.2, 0) is 15.0 Å². The van der Waals surface area contributed by atoms with Gasteiger partial charge in [0, 0.05) is 14.1 Å². The van der Waals surface area contributed by atoms with Crippen molar-refractivity contribution in [3.63, 3.8) is 0 Å². The highest BCUT2D eigenvalue weighted by Crippen LogP contribution is 2.18. The van der Waals surface area contributed by atoms with E-state index in [0.29, 0.717) is 18.0 Å². The molecule has 0 aliphatic heterocycles. The van der Waals surface area contributed by atoms with Crippen LogP contribution in [0.3, 0.4) is 0 Å². The predicted molar refractivity (Wildman–Crippen MR) is 101 cm³/mol. The fourth-order valence-electron chi connectivity index (χ4n) is 2.16. The van der Waals surface area contributed by atoms with Crippen LogP contribution in [0.4, 0.5) is 5.69 Å². The molecule has 0 fully saturated rings. The van der Waals surface area contributed by atoms with Crippen LogP contribution >= 0.6 is 0 Å². The van der Waals surface area contributed by atoms with Crippen molar-refractivity contribution in [3.8, 4) is 5.75 Å². The van der Waals surface area contributed by atoms with E-state index < -0.39 is 16.1 Å². The first-order chi connectivity index (χ1) is 12.4. The number of hydrogen-bond donors (Lipinski definition) is 1. The standard InChI is InChI=1S/C18H23N3O4S/c1-20(2)26(23,24)21(16-9-5-3-6-10-16)15-18(22)19-13-14-25-17-11-7-4-8-12-17/h3-12H,13-15H2,1-2H3,(H,19,22). The average Bonchev–Trinajstić information content (AvgIpc) is 2.64. The molecule has 8 heteroatoms. The Bertz CT molecular complexity index is 796. The van der Waals surface area contributed by atoms with Crippen molar-refractivity contribution < 1.29 is 17.9 Å². The molecule has 0 radical (unpaired) electrons. The first-order valence-electron chi connectivity index (χ1n) is 8.11. The Kier molecular flexibility index (Phi) is 6.99. The van der Waals surface area contributed by atoms with Gasteiger partial charge >= 0.3 is 10.2 Å². The molecule has 0 aliphatic carbocycles. The maximum Gasteiger partial charge on any atom is 0.304 e. The normalized spacial score (nSPS) is 11.2. The maximum atomic E-state index is 12.5. The Morgan fingerprint density at radius 2 is 1.58 bits per heavy atom. The Labute approximate surface area is 154 Å². The molecule has 0 unspecified atom stereocenters. The first kappa shape index (κ1) is 19.7. The molecule has 0 aromatic heterocycles. The molecule has 0 saturated carbocycles. The summed E-state index contributed by atoms with van der Waals surface area (Å²) in [4.78, 5) is 12.2. The molecular weight excluding hydrogens is 354 g/mol. The van der Waals surface area contributed by atoms with Gasteiger partial charge in [-0.05, 0) is 24.3 Å². The second-order valence-electron chi connectivity index (χ2n) is 5.64. The molecule has 0 heterocycles. The van der Waals surface area contributed by atoms with E-state index in [-0.39, 0.29) is 13.1 Å². The van der Waals surface area contributed by atoms with Gasteiger partial charge in [0.15, 0.2) is 0 Å². The number of ether oxygens (including phenoxy) is 1. The number of carbonyl (C=O) groups is 1. The van der Waals surface area contributed by atoms with Crippen LogP contribution in [0.1, 0.15) is 0 Å². The third kappa shape index (κ3) is 5.47. The van der Waals surface area contributed by atoms with Crippen LogP contribution in [-0.4, -0.2) is 52.4 Å². The fourth-order valence-corrected chi connectivity index (χ4v) is 3.22. The van der Waals surface area contributed by atoms with Crippen molar-refractivity contribution in [2.24, 2.45) is 0 Å². The zero-order chi connectivity index (χ0) is 19.0. The van der Waals surface area contributed by atoms with Crippen LogP contribution in [0.25, 0.3) is 0 Å². The van der Waals surface area contributed by atoms with Gasteiger partial charge < -0.3 is 10.1 Å². The summed E-state index contributed by atoms with van der Waals surface area (Å²) in [5.41, 5.74) is 0.428. The summed E-state index contributed by atoms with van der Waals surface area (Å²) >= 11 is 0. The summed E-state index contributed by atoms with van der Waals surface area (Å²) < 4.78 is 32.7. The highest BCUT2D eigenvalue weighted by Gasteiger charge is 2.26. The van der Waals surface area contributed by atoms with Gasteiger partial charge in [-0.1, -0.05) is 36.4 Å². The molecule has 2 aromatic rings. The highest BCUT2D eigenvalue weighted by molar-refractivity contribution is 7.90. The van der Waals surface area contributed by atoms with Crippen LogP contribution in [0, 0.1) is 0 Å². The molecule has 7 nitrogen and oxygen atoms in total. The van der Waals surface area contributed by atoms with Crippen LogP contribution in [0.15, 0.2) is 60.7 Å². The summed E-state index contributed by atoms with van der Waals surface area (Å²) in [6, 6.07) is 17.8. The minimum Gasteiger partial charge on any atom is -0.492 e. The molecule has 1 N–H and O–H groups in total. The lowest BCUT2D eigenvalue weighted by atomic mass is 10.3. The van der Waals surface area contributed by atoms with Gasteiger partial charge in [-0.25, -0.2) is 4.31 Å². The lowest BCUT2D eigenvalue weighted by Crippen LogP contribution is -2.46. The number of amides is 1. The van der Waals surface area contributed by atoms with Gasteiger partial charge in [-0.15, -0.1) is 0 Å². The Hall–Kier alpha value is -2.58. The summed E-state index contributed by atoms with van der Waals surface area (Å²) in [7, 11) is -0.931. The zero-order valence-electron chi connectivity index (χ0n) is 14.8. The number of para-hydroxylation sites is 2. The van der Waals surface area contributed by atoms with Gasteiger partial charge in [0.05, 0.1) is 12.2 Å². The summed E-state index contributed by atoms with van der Waals surface area (Å²) in [6.07, 6.45) is 0. The predicted octanol–water partition coefficient (Wildman–Crippen LogP) is 1.49. The Morgan fingerprint density at radius 1 is 1.00 bits per heavy atom. The van der Waals surface area contributed by atoms with E-state index in [1.165, 1.54) is 14.1 Å². The second-order valence-corrected chi connectivity index (χ2v) is 7.71. The van der Waals surface area contributed by atoms with E-state index in [0.717, 1.165) is 8.61 Å². The summed E-state index contributed by atoms with van der Waals surface area (Å²) in [5, 5.41) is 2.68. The van der Waals surface area contributed by atoms with Crippen LogP contribution in [0.5, 0.6) is 5.75 Å². The largest absolute Gasteiger partial charge is 0.492 e. The Morgan fingerprint density at radius 3 is 2.15 bits per heavy atom. The van der Waals surface area contributed by atoms with Crippen molar-refractivity contribution in [1.29, 1.82) is 0 Å². The zero-order valence-corrected chi connectivity index (χ0v) is 15.6. The first-order valence-corrected chi connectivity index (χ1v) is 9.51. The molecule has 0 saturated heterocycles. The minimum absolute atomic E-state index is 0.276. The number of nitrogens with one attached hydrogen (secondary N) is 1. The smallest absolute Gasteiger partial charge is 0.304 e. The third-order valence-corrected chi connectivity index (χ3v) is 5.33. The van der Waals surface area contributed by atoms with Gasteiger partial charge in [0.25, 0.3) is 0 Å². The van der Waals surface area contributed by atoms with E-state index >= 15 is 0 Å². The molecular formula is C18H23N3O4S. The van der Waals surface area contributed by atoms with Crippen molar-refractivity contribution in [2.45, 2.75) is 0 Å². The van der Waals surface area contributed by atoms with Crippen molar-refractivity contribution in [3.05, 3.63) is 60.7 Å². The highest BCUT2D eigenvalue weighted by atomic mass is 32.2. The van der Waals surface area contributed by atoms with Crippen molar-refractivity contribution in [2.75, 3.05) is 38.1 Å². The summed E-state index contributed by atoms with van der Waals surface area (Å²) in [5.74, 6) is 0.304. The molecule has 2 rings (SSSR count). The van der Waals surface area contributed by atoms with E-state index in [1.807, 2.05) is 30.3 Å². The van der Waals surface area contributed by atoms with Crippen molar-refractivity contribution >= 4 is 21.8 Å². The SMILES string of the molecule is CN(C)S(=O)(=O)N(CC(=O)NCCOc1ccccc1)c1ccccc1. The fraction of sp³-hybridized carbons (Fsp3) is 0.278. The average molecular weight is 377 g/mol. The minimum atomic E-state index is -3.79. The molecule has 140 valence electrons. The third-order valence-electron chi connectivity index (χ3n) is 3.51. The van der Waals surface area contributed by atoms with Gasteiger partial charge in [0.1, 0.15) is 18.9 Å². The van der Waals surface area contributed by atoms with E-state index in [1.54, 1.807) is 30.3 Å². The molecule has 0 aliphatic rings. The number of anilines is 1. The number of hydrogen-bond acceptors (Lipinski definition) is 4. The number of carbonyl (C=O) groups excluding carboxylic acids is 1. The lowest BCUT2D eigenvalue weighted by Gasteiger charge is -2.26.